The van der Waals surface area contributed by atoms with E-state index in [2.05, 4.69) is 5.32 Å². The van der Waals surface area contributed by atoms with Crippen LogP contribution in [0, 0.1) is 0 Å². The van der Waals surface area contributed by atoms with E-state index in [1.807, 2.05) is 6.07 Å². The van der Waals surface area contributed by atoms with Gasteiger partial charge in [0.15, 0.2) is 0 Å². The molecule has 0 bridgehead atoms. The van der Waals surface area contributed by atoms with Gasteiger partial charge >= 0.3 is 0 Å². The highest BCUT2D eigenvalue weighted by molar-refractivity contribution is 7.92. The highest BCUT2D eigenvalue weighted by atomic mass is 35.5. The molecule has 0 atom stereocenters. The zero-order valence-corrected chi connectivity index (χ0v) is 17.4. The minimum Gasteiger partial charge on any atom is -0.349 e. The van der Waals surface area contributed by atoms with E-state index in [1.165, 1.54) is 17.4 Å². The standard InChI is InChI=1S/C20H25N3O3S.ClH/c1-23(17-7-3-2-4-8-17)27(25,26)19-10-6-5-9-18(19)20(24)22-16-13-11-15(21)12-14-16;/h2-10,15-16H,11-14,21H2,1H3,(H,22,24);1H. The van der Waals surface area contributed by atoms with Crippen molar-refractivity contribution in [3.63, 3.8) is 0 Å². The number of anilines is 1. The lowest BCUT2D eigenvalue weighted by Crippen LogP contribution is -2.41. The average molecular weight is 424 g/mol. The van der Waals surface area contributed by atoms with Crippen LogP contribution in [0.4, 0.5) is 5.69 Å². The monoisotopic (exact) mass is 423 g/mol. The van der Waals surface area contributed by atoms with Gasteiger partial charge in [-0.15, -0.1) is 12.4 Å². The maximum Gasteiger partial charge on any atom is 0.264 e. The molecular formula is C20H26ClN3O3S. The Morgan fingerprint density at radius 2 is 1.57 bits per heavy atom. The predicted molar refractivity (Wildman–Crippen MR) is 113 cm³/mol. The van der Waals surface area contributed by atoms with Crippen molar-refractivity contribution in [2.24, 2.45) is 5.73 Å². The summed E-state index contributed by atoms with van der Waals surface area (Å²) in [7, 11) is -2.38. The third-order valence-electron chi connectivity index (χ3n) is 5.00. The van der Waals surface area contributed by atoms with Crippen molar-refractivity contribution in [1.82, 2.24) is 5.32 Å². The van der Waals surface area contributed by atoms with Gasteiger partial charge in [0.25, 0.3) is 15.9 Å². The molecule has 0 unspecified atom stereocenters. The van der Waals surface area contributed by atoms with E-state index in [-0.39, 0.29) is 40.9 Å². The molecule has 28 heavy (non-hydrogen) atoms. The summed E-state index contributed by atoms with van der Waals surface area (Å²) < 4.78 is 27.4. The molecule has 0 aromatic heterocycles. The molecule has 0 saturated heterocycles. The second kappa shape index (κ2) is 9.41. The number of nitrogens with two attached hydrogens (primary N) is 1. The van der Waals surface area contributed by atoms with E-state index < -0.39 is 10.0 Å². The van der Waals surface area contributed by atoms with Crippen LogP contribution in [0.2, 0.25) is 0 Å². The lowest BCUT2D eigenvalue weighted by molar-refractivity contribution is 0.0922. The van der Waals surface area contributed by atoms with Crippen molar-refractivity contribution in [2.75, 3.05) is 11.4 Å². The van der Waals surface area contributed by atoms with Crippen molar-refractivity contribution in [3.05, 3.63) is 60.2 Å². The van der Waals surface area contributed by atoms with E-state index in [4.69, 9.17) is 5.73 Å². The van der Waals surface area contributed by atoms with Gasteiger partial charge in [0.1, 0.15) is 4.90 Å². The summed E-state index contributed by atoms with van der Waals surface area (Å²) in [5.41, 5.74) is 6.61. The van der Waals surface area contributed by atoms with E-state index in [1.54, 1.807) is 42.5 Å². The number of nitrogens with zero attached hydrogens (tertiary/aromatic N) is 1. The zero-order valence-electron chi connectivity index (χ0n) is 15.7. The van der Waals surface area contributed by atoms with Gasteiger partial charge in [-0.1, -0.05) is 30.3 Å². The van der Waals surface area contributed by atoms with Crippen LogP contribution in [0.3, 0.4) is 0 Å². The number of hydrogen-bond acceptors (Lipinski definition) is 4. The molecule has 3 rings (SSSR count). The highest BCUT2D eigenvalue weighted by Gasteiger charge is 2.28. The Balaban J connectivity index is 0.00000280. The molecule has 2 aromatic rings. The largest absolute Gasteiger partial charge is 0.349 e. The van der Waals surface area contributed by atoms with Crippen molar-refractivity contribution in [2.45, 2.75) is 42.7 Å². The Bertz CT molecular complexity index is 898. The third-order valence-corrected chi connectivity index (χ3v) is 6.84. The molecular weight excluding hydrogens is 398 g/mol. The van der Waals surface area contributed by atoms with Gasteiger partial charge in [0.05, 0.1) is 11.3 Å². The van der Waals surface area contributed by atoms with Gasteiger partial charge in [-0.2, -0.15) is 0 Å². The summed E-state index contributed by atoms with van der Waals surface area (Å²) in [5.74, 6) is -0.365. The summed E-state index contributed by atoms with van der Waals surface area (Å²) in [5, 5.41) is 2.97. The van der Waals surface area contributed by atoms with Crippen LogP contribution in [-0.2, 0) is 10.0 Å². The summed E-state index contributed by atoms with van der Waals surface area (Å²) in [6.07, 6.45) is 3.35. The number of rotatable bonds is 5. The van der Waals surface area contributed by atoms with Crippen LogP contribution in [0.5, 0.6) is 0 Å². The molecule has 8 heteroatoms. The highest BCUT2D eigenvalue weighted by Crippen LogP contribution is 2.25. The smallest absolute Gasteiger partial charge is 0.264 e. The Labute approximate surface area is 172 Å². The molecule has 6 nitrogen and oxygen atoms in total. The molecule has 0 radical (unpaired) electrons. The Morgan fingerprint density at radius 3 is 2.21 bits per heavy atom. The van der Waals surface area contributed by atoms with Gasteiger partial charge in [-0.25, -0.2) is 8.42 Å². The molecule has 3 N–H and O–H groups in total. The first-order valence-corrected chi connectivity index (χ1v) is 10.5. The molecule has 1 amide bonds. The topological polar surface area (TPSA) is 92.5 Å². The molecule has 152 valence electrons. The van der Waals surface area contributed by atoms with Gasteiger partial charge in [0.2, 0.25) is 0 Å². The first-order chi connectivity index (χ1) is 12.9. The minimum absolute atomic E-state index is 0. The lowest BCUT2D eigenvalue weighted by atomic mass is 9.91. The molecule has 2 aromatic carbocycles. The number of carbonyl (C=O) groups excluding carboxylic acids is 1. The van der Waals surface area contributed by atoms with E-state index in [0.717, 1.165) is 25.7 Å². The molecule has 1 aliphatic carbocycles. The number of amides is 1. The number of para-hydroxylation sites is 1. The molecule has 1 aliphatic rings. The SMILES string of the molecule is CN(c1ccccc1)S(=O)(=O)c1ccccc1C(=O)NC1CCC(N)CC1.Cl. The minimum atomic E-state index is -3.86. The fraction of sp³-hybridized carbons (Fsp3) is 0.350. The van der Waals surface area contributed by atoms with Crippen LogP contribution in [-0.4, -0.2) is 33.5 Å². The fourth-order valence-corrected chi connectivity index (χ4v) is 4.71. The number of hydrogen-bond donors (Lipinski definition) is 2. The average Bonchev–Trinajstić information content (AvgIpc) is 2.69. The maximum atomic E-state index is 13.1. The van der Waals surface area contributed by atoms with Crippen LogP contribution in [0.25, 0.3) is 0 Å². The number of nitrogens with one attached hydrogen (secondary N) is 1. The molecule has 0 aliphatic heterocycles. The Hall–Kier alpha value is -2.09. The molecule has 0 spiro atoms. The second-order valence-electron chi connectivity index (χ2n) is 6.89. The molecule has 0 heterocycles. The van der Waals surface area contributed by atoms with Gasteiger partial charge in [-0.05, 0) is 49.9 Å². The first-order valence-electron chi connectivity index (χ1n) is 9.09. The van der Waals surface area contributed by atoms with Crippen molar-refractivity contribution < 1.29 is 13.2 Å². The quantitative estimate of drug-likeness (QED) is 0.773. The second-order valence-corrected chi connectivity index (χ2v) is 8.83. The van der Waals surface area contributed by atoms with Gasteiger partial charge in [-0.3, -0.25) is 9.10 Å². The van der Waals surface area contributed by atoms with Crippen molar-refractivity contribution in [1.29, 1.82) is 0 Å². The van der Waals surface area contributed by atoms with Crippen LogP contribution < -0.4 is 15.4 Å². The lowest BCUT2D eigenvalue weighted by Gasteiger charge is -2.27. The Morgan fingerprint density at radius 1 is 1.00 bits per heavy atom. The van der Waals surface area contributed by atoms with Gasteiger partial charge in [0, 0.05) is 19.1 Å². The van der Waals surface area contributed by atoms with Gasteiger partial charge < -0.3 is 11.1 Å². The summed E-state index contributed by atoms with van der Waals surface area (Å²) in [4.78, 5) is 12.8. The summed E-state index contributed by atoms with van der Waals surface area (Å²) in [6, 6.07) is 15.3. The summed E-state index contributed by atoms with van der Waals surface area (Å²) >= 11 is 0. The third kappa shape index (κ3) is 4.84. The van der Waals surface area contributed by atoms with Crippen molar-refractivity contribution >= 4 is 34.0 Å². The molecule has 1 fully saturated rings. The number of benzene rings is 2. The number of halogens is 1. The number of sulfonamides is 1. The van der Waals surface area contributed by atoms with Crippen LogP contribution in [0.1, 0.15) is 36.0 Å². The zero-order chi connectivity index (χ0) is 19.4. The van der Waals surface area contributed by atoms with E-state index in [9.17, 15) is 13.2 Å². The predicted octanol–water partition coefficient (Wildman–Crippen LogP) is 2.93. The Kier molecular flexibility index (Phi) is 7.46. The maximum absolute atomic E-state index is 13.1. The van der Waals surface area contributed by atoms with Crippen LogP contribution in [0.15, 0.2) is 59.5 Å². The summed E-state index contributed by atoms with van der Waals surface area (Å²) in [6.45, 7) is 0. The molecule has 1 saturated carbocycles. The first kappa shape index (κ1) is 22.2. The van der Waals surface area contributed by atoms with Crippen molar-refractivity contribution in [3.8, 4) is 0 Å². The van der Waals surface area contributed by atoms with E-state index >= 15 is 0 Å². The van der Waals surface area contributed by atoms with Crippen LogP contribution >= 0.6 is 12.4 Å². The normalized spacial score (nSPS) is 19.4. The number of carbonyl (C=O) groups is 1. The fourth-order valence-electron chi connectivity index (χ4n) is 3.33. The van der Waals surface area contributed by atoms with E-state index in [0.29, 0.717) is 5.69 Å².